The van der Waals surface area contributed by atoms with E-state index in [9.17, 15) is 4.79 Å². The van der Waals surface area contributed by atoms with E-state index < -0.39 is 0 Å². The summed E-state index contributed by atoms with van der Waals surface area (Å²) in [5, 5.41) is 6.61. The molecule has 0 aliphatic heterocycles. The summed E-state index contributed by atoms with van der Waals surface area (Å²) in [5.74, 6) is 1.42. The van der Waals surface area contributed by atoms with Crippen LogP contribution in [0.5, 0.6) is 0 Å². The van der Waals surface area contributed by atoms with Gasteiger partial charge in [0.25, 0.3) is 0 Å². The Bertz CT molecular complexity index is 337. The summed E-state index contributed by atoms with van der Waals surface area (Å²) in [6, 6.07) is 0.489. The molecule has 1 aliphatic carbocycles. The van der Waals surface area contributed by atoms with Crippen LogP contribution in [0.2, 0.25) is 0 Å². The fourth-order valence-electron chi connectivity index (χ4n) is 1.66. The van der Waals surface area contributed by atoms with Crippen LogP contribution in [0.1, 0.15) is 26.7 Å². The van der Waals surface area contributed by atoms with E-state index in [0.717, 1.165) is 32.1 Å². The minimum Gasteiger partial charge on any atom is -0.382 e. The normalized spacial score (nSPS) is 20.5. The van der Waals surface area contributed by atoms with E-state index in [-0.39, 0.29) is 36.4 Å². The maximum Gasteiger partial charge on any atom is 0.243 e. The molecule has 1 rings (SSSR count). The van der Waals surface area contributed by atoms with Gasteiger partial charge in [0.1, 0.15) is 6.54 Å². The van der Waals surface area contributed by atoms with Crippen molar-refractivity contribution >= 4 is 35.8 Å². The van der Waals surface area contributed by atoms with E-state index in [0.29, 0.717) is 12.0 Å². The highest BCUT2D eigenvalue weighted by Gasteiger charge is 2.33. The summed E-state index contributed by atoms with van der Waals surface area (Å²) >= 11 is 0. The number of hydrogen-bond acceptors (Lipinski definition) is 3. The first kappa shape index (κ1) is 20.4. The van der Waals surface area contributed by atoms with Gasteiger partial charge in [0.15, 0.2) is 5.96 Å². The molecular weight excluding hydrogens is 383 g/mol. The Kier molecular flexibility index (Phi) is 10.8. The van der Waals surface area contributed by atoms with Crippen LogP contribution in [0.3, 0.4) is 0 Å². The van der Waals surface area contributed by atoms with Gasteiger partial charge in [0.05, 0.1) is 0 Å². The van der Waals surface area contributed by atoms with Gasteiger partial charge in [-0.3, -0.25) is 4.79 Å². The van der Waals surface area contributed by atoms with Gasteiger partial charge in [-0.05, 0) is 25.7 Å². The van der Waals surface area contributed by atoms with Gasteiger partial charge in [-0.2, -0.15) is 0 Å². The molecule has 0 bridgehead atoms. The first-order chi connectivity index (χ1) is 9.54. The Morgan fingerprint density at radius 3 is 2.62 bits per heavy atom. The van der Waals surface area contributed by atoms with Gasteiger partial charge in [-0.1, -0.05) is 6.92 Å². The Morgan fingerprint density at radius 1 is 1.43 bits per heavy atom. The number of hydrogen-bond donors (Lipinski definition) is 2. The predicted octanol–water partition coefficient (Wildman–Crippen LogP) is 1.06. The first-order valence-corrected chi connectivity index (χ1v) is 7.37. The second kappa shape index (κ2) is 11.1. The molecular formula is C14H29IN4O2. The van der Waals surface area contributed by atoms with E-state index in [4.69, 9.17) is 4.74 Å². The molecule has 1 fully saturated rings. The molecule has 0 spiro atoms. The highest BCUT2D eigenvalue weighted by Crippen LogP contribution is 2.28. The van der Waals surface area contributed by atoms with Crippen molar-refractivity contribution in [3.05, 3.63) is 0 Å². The minimum atomic E-state index is 0. The van der Waals surface area contributed by atoms with Gasteiger partial charge < -0.3 is 20.3 Å². The zero-order valence-corrected chi connectivity index (χ0v) is 15.8. The molecule has 0 saturated heterocycles. The number of carbonyl (C=O) groups is 1. The fourth-order valence-corrected chi connectivity index (χ4v) is 1.66. The van der Waals surface area contributed by atoms with Crippen molar-refractivity contribution in [3.63, 3.8) is 0 Å². The molecule has 124 valence electrons. The number of carbonyl (C=O) groups excluding carboxylic acids is 1. The lowest BCUT2D eigenvalue weighted by Gasteiger charge is -2.13. The smallest absolute Gasteiger partial charge is 0.243 e. The lowest BCUT2D eigenvalue weighted by atomic mass is 10.4. The molecule has 2 N–H and O–H groups in total. The second-order valence-electron chi connectivity index (χ2n) is 5.39. The van der Waals surface area contributed by atoms with Crippen molar-refractivity contribution < 1.29 is 9.53 Å². The summed E-state index contributed by atoms with van der Waals surface area (Å²) in [6.45, 7) is 6.65. The molecule has 7 heteroatoms. The van der Waals surface area contributed by atoms with E-state index >= 15 is 0 Å². The van der Waals surface area contributed by atoms with E-state index in [2.05, 4.69) is 22.5 Å². The average molecular weight is 412 g/mol. The molecule has 0 aromatic carbocycles. The van der Waals surface area contributed by atoms with E-state index in [1.807, 2.05) is 6.92 Å². The lowest BCUT2D eigenvalue weighted by Crippen LogP contribution is -2.40. The number of amides is 1. The number of nitrogens with zero attached hydrogens (tertiary/aromatic N) is 2. The SMILES string of the molecule is CCOCCCNC(=NCC(=O)N(C)C)NC1CC1C.I. The van der Waals surface area contributed by atoms with Crippen LogP contribution in [0.25, 0.3) is 0 Å². The number of aliphatic imine (C=N–C) groups is 1. The van der Waals surface area contributed by atoms with Gasteiger partial charge in [-0.25, -0.2) is 4.99 Å². The van der Waals surface area contributed by atoms with Crippen LogP contribution < -0.4 is 10.6 Å². The quantitative estimate of drug-likeness (QED) is 0.271. The third-order valence-electron chi connectivity index (χ3n) is 3.26. The minimum absolute atomic E-state index is 0. The van der Waals surface area contributed by atoms with Crippen molar-refractivity contribution in [2.45, 2.75) is 32.7 Å². The van der Waals surface area contributed by atoms with Crippen molar-refractivity contribution in [2.24, 2.45) is 10.9 Å². The number of likely N-dealkylation sites (N-methyl/N-ethyl adjacent to an activating group) is 1. The lowest BCUT2D eigenvalue weighted by molar-refractivity contribution is -0.127. The molecule has 21 heavy (non-hydrogen) atoms. The Hall–Kier alpha value is -0.570. The molecule has 2 unspecified atom stereocenters. The summed E-state index contributed by atoms with van der Waals surface area (Å²) in [7, 11) is 3.48. The maximum absolute atomic E-state index is 11.6. The standard InChI is InChI=1S/C14H28N4O2.HI/c1-5-20-8-6-7-15-14(17-12-9-11(12)2)16-10-13(19)18(3)4;/h11-12H,5-10H2,1-4H3,(H2,15,16,17);1H. The highest BCUT2D eigenvalue weighted by atomic mass is 127. The third-order valence-corrected chi connectivity index (χ3v) is 3.26. The molecule has 1 aliphatic rings. The number of nitrogens with one attached hydrogen (secondary N) is 2. The van der Waals surface area contributed by atoms with E-state index in [1.54, 1.807) is 19.0 Å². The van der Waals surface area contributed by atoms with Crippen LogP contribution in [0, 0.1) is 5.92 Å². The molecule has 0 aromatic heterocycles. The van der Waals surface area contributed by atoms with Crippen LogP contribution in [-0.4, -0.2) is 63.2 Å². The Morgan fingerprint density at radius 2 is 2.10 bits per heavy atom. The van der Waals surface area contributed by atoms with Gasteiger partial charge >= 0.3 is 0 Å². The molecule has 0 radical (unpaired) electrons. The van der Waals surface area contributed by atoms with Gasteiger partial charge in [-0.15, -0.1) is 24.0 Å². The Labute approximate surface area is 145 Å². The van der Waals surface area contributed by atoms with Crippen molar-refractivity contribution in [1.29, 1.82) is 0 Å². The zero-order chi connectivity index (χ0) is 15.0. The second-order valence-corrected chi connectivity index (χ2v) is 5.39. The highest BCUT2D eigenvalue weighted by molar-refractivity contribution is 14.0. The zero-order valence-electron chi connectivity index (χ0n) is 13.5. The summed E-state index contributed by atoms with van der Waals surface area (Å²) in [6.07, 6.45) is 2.09. The Balaban J connectivity index is 0.00000400. The monoisotopic (exact) mass is 412 g/mol. The number of guanidine groups is 1. The maximum atomic E-state index is 11.6. The third kappa shape index (κ3) is 9.13. The van der Waals surface area contributed by atoms with Crippen LogP contribution in [0.15, 0.2) is 4.99 Å². The summed E-state index contributed by atoms with van der Waals surface area (Å²) in [5.41, 5.74) is 0. The van der Waals surface area contributed by atoms with Gasteiger partial charge in [0.2, 0.25) is 5.91 Å². The summed E-state index contributed by atoms with van der Waals surface area (Å²) in [4.78, 5) is 17.5. The number of rotatable bonds is 8. The summed E-state index contributed by atoms with van der Waals surface area (Å²) < 4.78 is 5.29. The number of ether oxygens (including phenoxy) is 1. The van der Waals surface area contributed by atoms with Gasteiger partial charge in [0, 0.05) is 39.9 Å². The van der Waals surface area contributed by atoms with Crippen molar-refractivity contribution in [2.75, 3.05) is 40.4 Å². The van der Waals surface area contributed by atoms with Crippen LogP contribution in [-0.2, 0) is 9.53 Å². The first-order valence-electron chi connectivity index (χ1n) is 7.37. The topological polar surface area (TPSA) is 66.0 Å². The van der Waals surface area contributed by atoms with E-state index in [1.165, 1.54) is 6.42 Å². The fraction of sp³-hybridized carbons (Fsp3) is 0.857. The molecule has 1 saturated carbocycles. The van der Waals surface area contributed by atoms with Crippen molar-refractivity contribution in [3.8, 4) is 0 Å². The van der Waals surface area contributed by atoms with Crippen LogP contribution in [0.4, 0.5) is 0 Å². The predicted molar refractivity (Wildman–Crippen MR) is 96.2 cm³/mol. The molecule has 6 nitrogen and oxygen atoms in total. The molecule has 1 amide bonds. The average Bonchev–Trinajstić information content (AvgIpc) is 3.10. The molecule has 2 atom stereocenters. The largest absolute Gasteiger partial charge is 0.382 e. The van der Waals surface area contributed by atoms with Crippen LogP contribution >= 0.6 is 24.0 Å². The molecule has 0 heterocycles. The number of halogens is 1. The van der Waals surface area contributed by atoms with Crippen molar-refractivity contribution in [1.82, 2.24) is 15.5 Å². The molecule has 0 aromatic rings.